The molecule has 0 amide bonds. The standard InChI is InChI=1S/C7H13N2.C4BN4/c1-3-8-5-6-9(4-2)7-8;6-1-5(2-7,3-8)4-9/h5-7H,3-4H2,1-2H3;/q+1;-1. The first-order valence-electron chi connectivity index (χ1n) is 5.46. The lowest BCUT2D eigenvalue weighted by molar-refractivity contribution is -0.693. The summed E-state index contributed by atoms with van der Waals surface area (Å²) >= 11 is 0. The minimum Gasteiger partial charge on any atom is -0.245 e. The molecule has 1 aromatic heterocycles. The van der Waals surface area contributed by atoms with Crippen LogP contribution in [0.3, 0.4) is 0 Å². The van der Waals surface area contributed by atoms with Crippen LogP contribution in [0, 0.1) is 44.9 Å². The lowest BCUT2D eigenvalue weighted by atomic mass is 9.30. The van der Waals surface area contributed by atoms with Crippen molar-refractivity contribution in [2.75, 3.05) is 0 Å². The zero-order chi connectivity index (χ0) is 14.0. The number of aromatic nitrogens is 2. The van der Waals surface area contributed by atoms with Crippen molar-refractivity contribution in [1.82, 2.24) is 4.57 Å². The third-order valence-corrected chi connectivity index (χ3v) is 2.25. The van der Waals surface area contributed by atoms with Crippen molar-refractivity contribution >= 4 is 6.15 Å². The molecule has 0 aliphatic heterocycles. The molecule has 0 bridgehead atoms. The third kappa shape index (κ3) is 4.01. The maximum atomic E-state index is 8.09. The van der Waals surface area contributed by atoms with Gasteiger partial charge in [0.1, 0.15) is 12.4 Å². The molecule has 1 aromatic rings. The van der Waals surface area contributed by atoms with Crippen LogP contribution in [-0.4, -0.2) is 10.7 Å². The maximum absolute atomic E-state index is 8.09. The van der Waals surface area contributed by atoms with Gasteiger partial charge >= 0.3 is 6.15 Å². The van der Waals surface area contributed by atoms with Gasteiger partial charge in [-0.15, -0.1) is 23.9 Å². The number of imidazole rings is 1. The summed E-state index contributed by atoms with van der Waals surface area (Å²) in [6.45, 7) is 6.40. The van der Waals surface area contributed by atoms with Gasteiger partial charge in [0.2, 0.25) is 6.33 Å². The number of hydrogen-bond donors (Lipinski definition) is 0. The highest BCUT2D eigenvalue weighted by Crippen LogP contribution is 1.92. The van der Waals surface area contributed by atoms with E-state index in [4.69, 9.17) is 21.0 Å². The Bertz CT molecular complexity index is 468. The summed E-state index contributed by atoms with van der Waals surface area (Å²) in [5.74, 6) is 5.38. The number of aryl methyl sites for hydroxylation is 2. The minimum absolute atomic E-state index is 1.06. The number of nitriles is 4. The van der Waals surface area contributed by atoms with Crippen LogP contribution >= 0.6 is 0 Å². The quantitative estimate of drug-likeness (QED) is 0.554. The lowest BCUT2D eigenvalue weighted by Crippen LogP contribution is -2.28. The van der Waals surface area contributed by atoms with E-state index in [-0.39, 0.29) is 0 Å². The Kier molecular flexibility index (Phi) is 6.35. The summed E-state index contributed by atoms with van der Waals surface area (Å²) in [6, 6.07) is 0. The number of rotatable bonds is 2. The summed E-state index contributed by atoms with van der Waals surface area (Å²) in [5, 5.41) is 32.3. The van der Waals surface area contributed by atoms with E-state index >= 15 is 0 Å². The molecule has 18 heavy (non-hydrogen) atoms. The molecular weight excluding hydrogens is 227 g/mol. The molecule has 0 N–H and O–H groups in total. The van der Waals surface area contributed by atoms with Crippen LogP contribution in [0.15, 0.2) is 18.7 Å². The summed E-state index contributed by atoms with van der Waals surface area (Å²) < 4.78 is 4.31. The fourth-order valence-electron chi connectivity index (χ4n) is 0.986. The molecule has 0 fully saturated rings. The first kappa shape index (κ1) is 15.2. The second-order valence-electron chi connectivity index (χ2n) is 3.46. The molecule has 0 unspecified atom stereocenters. The average Bonchev–Trinajstić information content (AvgIpc) is 2.91. The van der Waals surface area contributed by atoms with Crippen LogP contribution in [0.4, 0.5) is 0 Å². The predicted octanol–water partition coefficient (Wildman–Crippen LogP) is 0.502. The van der Waals surface area contributed by atoms with Crippen molar-refractivity contribution in [3.8, 4) is 23.9 Å². The van der Waals surface area contributed by atoms with Gasteiger partial charge in [0.25, 0.3) is 0 Å². The molecular formula is C11H13BN6. The second-order valence-corrected chi connectivity index (χ2v) is 3.46. The molecule has 90 valence electrons. The molecule has 6 nitrogen and oxygen atoms in total. The fourth-order valence-corrected chi connectivity index (χ4v) is 0.986. The van der Waals surface area contributed by atoms with E-state index in [0.29, 0.717) is 0 Å². The van der Waals surface area contributed by atoms with Crippen molar-refractivity contribution in [1.29, 1.82) is 21.0 Å². The van der Waals surface area contributed by atoms with Crippen LogP contribution < -0.4 is 4.57 Å². The summed E-state index contributed by atoms with van der Waals surface area (Å²) in [7, 11) is 0. The first-order valence-corrected chi connectivity index (χ1v) is 5.46. The van der Waals surface area contributed by atoms with Crippen molar-refractivity contribution in [3.63, 3.8) is 0 Å². The van der Waals surface area contributed by atoms with Crippen LogP contribution in [0.2, 0.25) is 0 Å². The lowest BCUT2D eigenvalue weighted by Gasteiger charge is -1.98. The van der Waals surface area contributed by atoms with Gasteiger partial charge < -0.3 is 0 Å². The van der Waals surface area contributed by atoms with E-state index < -0.39 is 6.15 Å². The van der Waals surface area contributed by atoms with Gasteiger partial charge in [-0.25, -0.2) is 30.2 Å². The smallest absolute Gasteiger partial charge is 0.245 e. The van der Waals surface area contributed by atoms with Gasteiger partial charge in [0.05, 0.1) is 13.1 Å². The van der Waals surface area contributed by atoms with Gasteiger partial charge in [0.15, 0.2) is 0 Å². The number of nitrogens with zero attached hydrogens (tertiary/aromatic N) is 6. The van der Waals surface area contributed by atoms with E-state index in [9.17, 15) is 0 Å². The fraction of sp³-hybridized carbons (Fsp3) is 0.364. The molecule has 0 saturated heterocycles. The highest BCUT2D eigenvalue weighted by Gasteiger charge is 2.22. The molecule has 7 heteroatoms. The zero-order valence-corrected chi connectivity index (χ0v) is 10.4. The molecule has 0 aliphatic rings. The van der Waals surface area contributed by atoms with Crippen molar-refractivity contribution < 1.29 is 4.57 Å². The highest BCUT2D eigenvalue weighted by atomic mass is 15.1. The third-order valence-electron chi connectivity index (χ3n) is 2.25. The highest BCUT2D eigenvalue weighted by molar-refractivity contribution is 7.05. The van der Waals surface area contributed by atoms with Crippen molar-refractivity contribution in [2.45, 2.75) is 26.9 Å². The molecule has 1 heterocycles. The van der Waals surface area contributed by atoms with Gasteiger partial charge in [-0.1, -0.05) is 0 Å². The molecule has 0 atom stereocenters. The second kappa shape index (κ2) is 7.50. The number of hydrogen-bond acceptors (Lipinski definition) is 4. The zero-order valence-electron chi connectivity index (χ0n) is 10.4. The summed E-state index contributed by atoms with van der Waals surface area (Å²) in [4.78, 5) is 0. The molecule has 0 aliphatic carbocycles. The molecule has 1 rings (SSSR count). The van der Waals surface area contributed by atoms with E-state index in [0.717, 1.165) is 13.1 Å². The largest absolute Gasteiger partial charge is 0.383 e. The Hall–Kier alpha value is -2.77. The van der Waals surface area contributed by atoms with E-state index in [1.165, 1.54) is 23.9 Å². The van der Waals surface area contributed by atoms with Crippen LogP contribution in [0.25, 0.3) is 0 Å². The van der Waals surface area contributed by atoms with Crippen molar-refractivity contribution in [2.24, 2.45) is 0 Å². The summed E-state index contributed by atoms with van der Waals surface area (Å²) in [6.07, 6.45) is 3.56. The Labute approximate surface area is 106 Å². The maximum Gasteiger partial charge on any atom is 0.383 e. The van der Waals surface area contributed by atoms with Gasteiger partial charge in [-0.3, -0.25) is 0 Å². The first-order chi connectivity index (χ1) is 8.61. The Morgan fingerprint density at radius 3 is 1.72 bits per heavy atom. The van der Waals surface area contributed by atoms with Gasteiger partial charge in [0, 0.05) is 0 Å². The van der Waals surface area contributed by atoms with E-state index in [1.807, 2.05) is 0 Å². The van der Waals surface area contributed by atoms with E-state index in [1.54, 1.807) is 0 Å². The Morgan fingerprint density at radius 1 is 1.06 bits per heavy atom. The topological polar surface area (TPSA) is 104 Å². The van der Waals surface area contributed by atoms with E-state index in [2.05, 4.69) is 41.7 Å². The molecule has 0 spiro atoms. The van der Waals surface area contributed by atoms with Crippen LogP contribution in [0.1, 0.15) is 13.8 Å². The Morgan fingerprint density at radius 2 is 1.56 bits per heavy atom. The Balaban J connectivity index is 0.000000321. The molecule has 0 saturated carbocycles. The van der Waals surface area contributed by atoms with Gasteiger partial charge in [-0.2, -0.15) is 0 Å². The SMILES string of the molecule is CCn1cc[n+](CC)c1.N#C[B-](C#N)(C#N)C#N. The predicted molar refractivity (Wildman–Crippen MR) is 64.2 cm³/mol. The normalized spacial score (nSPS) is 8.78. The molecule has 0 radical (unpaired) electrons. The van der Waals surface area contributed by atoms with Gasteiger partial charge in [-0.05, 0) is 13.8 Å². The minimum atomic E-state index is -2.72. The molecule has 0 aromatic carbocycles. The van der Waals surface area contributed by atoms with Crippen molar-refractivity contribution in [3.05, 3.63) is 18.7 Å². The van der Waals surface area contributed by atoms with Crippen LogP contribution in [0.5, 0.6) is 0 Å². The monoisotopic (exact) mass is 240 g/mol. The summed E-state index contributed by atoms with van der Waals surface area (Å²) in [5.41, 5.74) is 0. The van der Waals surface area contributed by atoms with Crippen LogP contribution in [-0.2, 0) is 13.1 Å². The average molecular weight is 240 g/mol.